The molecular weight excluding hydrogens is 831 g/mol. The van der Waals surface area contributed by atoms with E-state index in [1.54, 1.807) is 18.3 Å². The van der Waals surface area contributed by atoms with Gasteiger partial charge in [-0.2, -0.15) is 0 Å². The van der Waals surface area contributed by atoms with Gasteiger partial charge in [-0.15, -0.1) is 53.6 Å². The molecule has 1 radical (unpaired) electrons. The first kappa shape index (κ1) is 27.2. The first-order chi connectivity index (χ1) is 28.3. The van der Waals surface area contributed by atoms with Crippen LogP contribution in [0.3, 0.4) is 0 Å². The standard InChI is InChI=1S/C27H27N2O.C19H26NSi.Ir/c1-16-3-9-22(26-25(16)23-10-4-17(2)29-27(23)30-26)24-15-19(11-12-28-24)14-21-13-18-5-7-20(21)8-6-18;1-19(2,3)13-16-12-17(15-10-8-7-9-11-15)20-14-18(16)21(4,5)6;/h3-4,10-12,15,18,20-21H,5-8,13-14H2,1-2H3;7-10,12,14H,13H2,1-6H3;/q2*-1;/i1D3,2D3,14D2;13D2;. The van der Waals surface area contributed by atoms with Crippen LogP contribution in [-0.4, -0.2) is 23.0 Å². The number of fused-ring (bicyclic) bond motifs is 6. The second-order valence-corrected chi connectivity index (χ2v) is 21.2. The molecule has 0 N–H and O–H groups in total. The van der Waals surface area contributed by atoms with E-state index in [1.165, 1.54) is 31.0 Å². The quantitative estimate of drug-likeness (QED) is 0.123. The summed E-state index contributed by atoms with van der Waals surface area (Å²) in [4.78, 5) is 13.3. The number of nitrogens with zero attached hydrogens (tertiary/aromatic N) is 3. The molecule has 0 spiro atoms. The fraction of sp³-hybridized carbons (Fsp3) is 0.413. The average Bonchev–Trinajstić information content (AvgIpc) is 3.59. The summed E-state index contributed by atoms with van der Waals surface area (Å²) < 4.78 is 88.9. The monoisotopic (exact) mass is 894 g/mol. The Bertz CT molecular complexity index is 2550. The molecule has 0 saturated heterocycles. The summed E-state index contributed by atoms with van der Waals surface area (Å²) in [6, 6.07) is 23.5. The summed E-state index contributed by atoms with van der Waals surface area (Å²) in [5, 5.41) is 1.79. The van der Waals surface area contributed by atoms with E-state index in [-0.39, 0.29) is 48.6 Å². The molecule has 3 aliphatic carbocycles. The number of aryl methyl sites for hydroxylation is 2. The van der Waals surface area contributed by atoms with Crippen molar-refractivity contribution in [1.82, 2.24) is 15.0 Å². The van der Waals surface area contributed by atoms with Crippen molar-refractivity contribution < 1.29 is 38.2 Å². The van der Waals surface area contributed by atoms with Crippen LogP contribution in [0, 0.1) is 49.0 Å². The molecule has 0 amide bonds. The van der Waals surface area contributed by atoms with Gasteiger partial charge in [0.25, 0.3) is 0 Å². The number of hydrogen-bond donors (Lipinski definition) is 0. The molecule has 4 aromatic heterocycles. The zero-order valence-electron chi connectivity index (χ0n) is 40.8. The molecule has 4 heterocycles. The molecule has 3 aliphatic rings. The summed E-state index contributed by atoms with van der Waals surface area (Å²) in [6.07, 6.45) is 5.90. The van der Waals surface area contributed by atoms with Crippen LogP contribution >= 0.6 is 0 Å². The van der Waals surface area contributed by atoms with Crippen molar-refractivity contribution in [2.75, 3.05) is 0 Å². The predicted octanol–water partition coefficient (Wildman–Crippen LogP) is 11.5. The number of rotatable bonds is 6. The van der Waals surface area contributed by atoms with Gasteiger partial charge in [-0.3, -0.25) is 0 Å². The van der Waals surface area contributed by atoms with Gasteiger partial charge in [0.1, 0.15) is 0 Å². The van der Waals surface area contributed by atoms with Gasteiger partial charge in [-0.05, 0) is 96.8 Å². The average molecular weight is 894 g/mol. The molecule has 9 rings (SSSR count). The molecule has 4 nitrogen and oxygen atoms in total. The van der Waals surface area contributed by atoms with Crippen LogP contribution in [0.1, 0.15) is 89.0 Å². The molecular formula is C46H53IrN3OSi-2. The molecule has 3 saturated carbocycles. The third-order valence-electron chi connectivity index (χ3n) is 10.0. The summed E-state index contributed by atoms with van der Waals surface area (Å²) >= 11 is 0. The van der Waals surface area contributed by atoms with Gasteiger partial charge < -0.3 is 14.4 Å². The number of hydrogen-bond acceptors (Lipinski definition) is 4. The maximum absolute atomic E-state index is 9.09. The minimum absolute atomic E-state index is 0. The minimum Gasteiger partial charge on any atom is -0.486 e. The summed E-state index contributed by atoms with van der Waals surface area (Å²) in [6.45, 7) is 7.65. The van der Waals surface area contributed by atoms with Crippen molar-refractivity contribution >= 4 is 35.3 Å². The Hall–Kier alpha value is -3.44. The smallest absolute Gasteiger partial charge is 0.216 e. The van der Waals surface area contributed by atoms with Crippen LogP contribution in [0.4, 0.5) is 0 Å². The third kappa shape index (κ3) is 8.51. The normalized spacial score (nSPS) is 22.5. The molecule has 1 unspecified atom stereocenters. The van der Waals surface area contributed by atoms with E-state index >= 15 is 0 Å². The summed E-state index contributed by atoms with van der Waals surface area (Å²) in [5.41, 5.74) is 3.37. The van der Waals surface area contributed by atoms with Gasteiger partial charge in [0.15, 0.2) is 0 Å². The maximum atomic E-state index is 9.09. The molecule has 3 fully saturated rings. The van der Waals surface area contributed by atoms with E-state index in [4.69, 9.17) is 18.1 Å². The van der Waals surface area contributed by atoms with Crippen LogP contribution in [0.2, 0.25) is 19.6 Å². The topological polar surface area (TPSA) is 51.8 Å². The zero-order chi connectivity index (χ0) is 44.5. The van der Waals surface area contributed by atoms with Gasteiger partial charge in [0.2, 0.25) is 5.71 Å². The van der Waals surface area contributed by atoms with Gasteiger partial charge in [-0.25, -0.2) is 4.98 Å². The fourth-order valence-corrected chi connectivity index (χ4v) is 8.97. The van der Waals surface area contributed by atoms with E-state index in [9.17, 15) is 0 Å². The molecule has 1 atom stereocenters. The predicted molar refractivity (Wildman–Crippen MR) is 215 cm³/mol. The first-order valence-electron chi connectivity index (χ1n) is 23.0. The molecule has 6 heteroatoms. The Kier molecular flexibility index (Phi) is 8.10. The zero-order valence-corrected chi connectivity index (χ0v) is 34.2. The van der Waals surface area contributed by atoms with Crippen molar-refractivity contribution in [2.24, 2.45) is 23.2 Å². The SMILES string of the molecule is [2H]C([2H])([2H])c1ccc2c(n1)oc1c(-c3cc(C([2H])([2H])C4CC5CCC4CC5)ccn3)[c-]cc(C([2H])([2H])[2H])c12.[2H]C([2H])(c1cc(-c2[c-]cccc2)ncc1[Si](C)(C)C)C(C)(C)C.[Ir]. The minimum atomic E-state index is -2.47. The van der Waals surface area contributed by atoms with E-state index in [0.717, 1.165) is 41.3 Å². The molecule has 273 valence electrons. The second-order valence-electron chi connectivity index (χ2n) is 16.1. The second kappa shape index (κ2) is 15.5. The Morgan fingerprint density at radius 2 is 1.79 bits per heavy atom. The van der Waals surface area contributed by atoms with Crippen LogP contribution in [0.25, 0.3) is 44.6 Å². The van der Waals surface area contributed by atoms with Gasteiger partial charge in [0, 0.05) is 57.3 Å². The Balaban J connectivity index is 0.000000230. The maximum Gasteiger partial charge on any atom is 0.216 e. The largest absolute Gasteiger partial charge is 0.486 e. The van der Waals surface area contributed by atoms with Gasteiger partial charge in [-0.1, -0.05) is 94.3 Å². The Morgan fingerprint density at radius 1 is 0.962 bits per heavy atom. The van der Waals surface area contributed by atoms with Crippen LogP contribution < -0.4 is 5.19 Å². The van der Waals surface area contributed by atoms with Gasteiger partial charge >= 0.3 is 0 Å². The van der Waals surface area contributed by atoms with Crippen molar-refractivity contribution in [3.05, 3.63) is 108 Å². The Morgan fingerprint density at radius 3 is 2.46 bits per heavy atom. The summed E-state index contributed by atoms with van der Waals surface area (Å²) in [7, 11) is -1.70. The number of benzene rings is 2. The van der Waals surface area contributed by atoms with E-state index in [2.05, 4.69) is 46.7 Å². The van der Waals surface area contributed by atoms with Gasteiger partial charge in [0.05, 0.1) is 13.7 Å². The fourth-order valence-electron chi connectivity index (χ4n) is 7.58. The van der Waals surface area contributed by atoms with Crippen LogP contribution in [0.15, 0.2) is 77.5 Å². The number of aromatic nitrogens is 3. The molecule has 2 aromatic carbocycles. The van der Waals surface area contributed by atoms with Crippen molar-refractivity contribution in [1.29, 1.82) is 0 Å². The van der Waals surface area contributed by atoms with Crippen molar-refractivity contribution in [3.8, 4) is 22.5 Å². The van der Waals surface area contributed by atoms with E-state index in [1.807, 2.05) is 57.3 Å². The number of furan rings is 1. The molecule has 0 aliphatic heterocycles. The Labute approximate surface area is 339 Å². The van der Waals surface area contributed by atoms with E-state index < -0.39 is 39.9 Å². The number of pyridine rings is 3. The first-order valence-corrected chi connectivity index (χ1v) is 21.5. The molecule has 6 aromatic rings. The van der Waals surface area contributed by atoms with E-state index in [0.29, 0.717) is 39.4 Å². The molecule has 52 heavy (non-hydrogen) atoms. The molecule has 2 bridgehead atoms. The third-order valence-corrected chi connectivity index (χ3v) is 12.0. The van der Waals surface area contributed by atoms with Crippen LogP contribution in [-0.2, 0) is 32.9 Å². The van der Waals surface area contributed by atoms with Crippen molar-refractivity contribution in [2.45, 2.75) is 99.0 Å². The van der Waals surface area contributed by atoms with Crippen molar-refractivity contribution in [3.63, 3.8) is 0 Å². The summed E-state index contributed by atoms with van der Waals surface area (Å²) in [5.74, 6) is 0.905. The van der Waals surface area contributed by atoms with Crippen LogP contribution in [0.5, 0.6) is 0 Å².